The number of likely N-dealkylation sites (N-methyl/N-ethyl adjacent to an activating group) is 1. The first kappa shape index (κ1) is 111. The van der Waals surface area contributed by atoms with Crippen molar-refractivity contribution in [2.24, 2.45) is 0 Å². The summed E-state index contributed by atoms with van der Waals surface area (Å²) in [7, 11) is -0.346. The largest absolute Gasteiger partial charge is 0.479 e. The van der Waals surface area contributed by atoms with Crippen LogP contribution in [0.1, 0.15) is 34.6 Å². The minimum atomic E-state index is -5.37. The zero-order chi connectivity index (χ0) is 98.5. The summed E-state index contributed by atoms with van der Waals surface area (Å²) in [6.07, 6.45) is -99.9. The van der Waals surface area contributed by atoms with Gasteiger partial charge in [-0.15, -0.1) is 0 Å². The lowest BCUT2D eigenvalue weighted by molar-refractivity contribution is -0.870. The lowest BCUT2D eigenvalue weighted by Crippen LogP contribution is -2.71. The first-order valence-corrected chi connectivity index (χ1v) is 43.7. The van der Waals surface area contributed by atoms with Gasteiger partial charge in [0.25, 0.3) is 0 Å². The highest BCUT2D eigenvalue weighted by molar-refractivity contribution is 7.47. The SMILES string of the molecule is CC(=O)N[C@@H]1[C@@H](O)[C@H](O[C@@H]2O[C@H](CO)[C@@H](O[C@@H]3O[C@H](CO[C@H]4O[C@H](CO)[C@@H](O)[C@H](O)[C@@H]4O)[C@@H](O)[C@H](O[C@H]4O[C@H](CO)[C@@H](O)[C@H](O)[C@@H]4O[C@@H]4O[C@H](COP(=O)(O)OCC[N+](C)(C)C)[C@@H](O[C@@H]5O[C@H](CO)[C@H](O)[C@H](O[C@@H]6O[C@H](CO)[C@H](O)[C@H](O[C@@H]7O[C@H](C(=O)O)[C@@H](O)[C@H](O)[C@H]7O)[C@H]6O)[C@H]5NC(C)=O)[C@H](O)[C@H]4NC(C)=O)[C@@H]3O)[C@H](O)[C@H]2NC(C)=O)[C@@H](CO[C@@H]2O[C@@H](C)[C@@H](O)[C@@H](O)[C@@H]2O)O[C@H]1O. The fraction of sp³-hybridized carbons (Fsp3) is 0.932. The molecule has 10 fully saturated rings. The smallest absolute Gasteiger partial charge is 0.472 e. The number of aliphatic carboxylic acids is 1. The minimum absolute atomic E-state index is 0.0378. The van der Waals surface area contributed by atoms with Crippen LogP contribution in [0.5, 0.6) is 0 Å². The maximum absolute atomic E-state index is 13.9. The van der Waals surface area contributed by atoms with Crippen LogP contribution >= 0.6 is 7.82 Å². The summed E-state index contributed by atoms with van der Waals surface area (Å²) in [6, 6.07) is -8.09. The molecule has 0 radical (unpaired) electrons. The molecule has 10 rings (SSSR count). The Labute approximate surface area is 754 Å². The van der Waals surface area contributed by atoms with Crippen LogP contribution in [0, 0.1) is 0 Å². The third-order valence-corrected chi connectivity index (χ3v) is 24.6. The number of hydrogen-bond acceptors (Lipinski definition) is 52. The monoisotopic (exact) mass is 1970 g/mol. The van der Waals surface area contributed by atoms with E-state index in [0.29, 0.717) is 0 Å². The van der Waals surface area contributed by atoms with Crippen molar-refractivity contribution in [3.05, 3.63) is 0 Å². The summed E-state index contributed by atoms with van der Waals surface area (Å²) in [5, 5.41) is 301. The molecule has 1 unspecified atom stereocenters. The van der Waals surface area contributed by atoms with Gasteiger partial charge in [-0.05, 0) is 6.92 Å². The van der Waals surface area contributed by atoms with Crippen LogP contribution in [0.3, 0.4) is 0 Å². The molecule has 10 heterocycles. The standard InChI is InChI=1S/C73H124N5O54P/c1-19-36(88)45(97)50(102)68(116-19)113-17-30-56(42(94)32(64(109)117-30)74-20(2)84)125-65-33(75-21(3)85)43(95)55(28(15-83)122-65)127-72-54(106)60(41(93)29(123-72)16-112-69-51(103)46(98)37(89)24(11-79)119-69)130-73-62(48(100)38(90)25(12-80)121-73)132-66-34(76-22(4)86)44(96)57(31(124-66)18-115-133(110,111)114-10-9-78(6,7)8)126-67-35(77-23(5)87)58(39(91)26(13-81)118-67)128-71-53(105)59(40(92)27(14-82)120-71)129-70-52(104)47(99)49(101)61(131-70)63(107)108/h19,24-62,64-73,79-83,88-106,109H,9-18H2,1-8H3,(H5-,74,75,76,77,84,85,86,87,107,108,110,111)/p+1/t19-,24+,25+,26+,27+,28+,29+,30+,31+,32+,33+,34+,35+,36+,37+,38+,39-,40-,41+,42+,43+,44+,45+,46-,47-,48-,49-,50-,51-,52+,53+,54-,55+,56+,57+,58+,59-,60-,61-,62-,64+,65-,66-,67-,68+,69-,70+,71-,72-,73+/m0/s1. The number of phosphoric ester groups is 1. The number of amides is 4. The summed E-state index contributed by atoms with van der Waals surface area (Å²) in [4.78, 5) is 75.9. The predicted octanol–water partition coefficient (Wildman–Crippen LogP) is -20.3. The lowest BCUT2D eigenvalue weighted by atomic mass is 9.93. The van der Waals surface area contributed by atoms with Gasteiger partial charge < -0.3 is 253 Å². The highest BCUT2D eigenvalue weighted by atomic mass is 31.2. The fourth-order valence-corrected chi connectivity index (χ4v) is 17.1. The Morgan fingerprint density at radius 1 is 0.308 bits per heavy atom. The van der Waals surface area contributed by atoms with Crippen LogP contribution in [0.15, 0.2) is 0 Å². The first-order valence-electron chi connectivity index (χ1n) is 42.2. The van der Waals surface area contributed by atoms with E-state index in [1.54, 1.807) is 21.1 Å². The van der Waals surface area contributed by atoms with Gasteiger partial charge in [-0.25, -0.2) is 9.36 Å². The van der Waals surface area contributed by atoms with Crippen LogP contribution in [0.2, 0.25) is 0 Å². The zero-order valence-corrected chi connectivity index (χ0v) is 73.3. The van der Waals surface area contributed by atoms with Crippen molar-refractivity contribution in [2.75, 3.05) is 87.1 Å². The Kier molecular flexibility index (Phi) is 39.5. The number of rotatable bonds is 37. The number of carboxylic acid groups (broad SMARTS) is 1. The number of hydrogen-bond donors (Lipinski definition) is 31. The second-order valence-electron chi connectivity index (χ2n) is 34.5. The number of nitrogens with zero attached hydrogens (tertiary/aromatic N) is 1. The molecule has 770 valence electrons. The second kappa shape index (κ2) is 47.5. The van der Waals surface area contributed by atoms with Gasteiger partial charge in [0.05, 0.1) is 80.1 Å². The van der Waals surface area contributed by atoms with Crippen LogP contribution in [0.4, 0.5) is 0 Å². The number of phosphoric acid groups is 1. The fourth-order valence-electron chi connectivity index (χ4n) is 16.4. The van der Waals surface area contributed by atoms with Crippen molar-refractivity contribution in [2.45, 2.75) is 341 Å². The van der Waals surface area contributed by atoms with Gasteiger partial charge in [0, 0.05) is 27.7 Å². The quantitative estimate of drug-likeness (QED) is 0.0203. The average molecular weight is 1970 g/mol. The number of carbonyl (C=O) groups is 5. The summed E-state index contributed by atoms with van der Waals surface area (Å²) in [5.41, 5.74) is 0. The van der Waals surface area contributed by atoms with E-state index in [1.807, 2.05) is 0 Å². The molecule has 10 aliphatic rings. The van der Waals surface area contributed by atoms with Crippen molar-refractivity contribution in [1.29, 1.82) is 0 Å². The van der Waals surface area contributed by atoms with Gasteiger partial charge in [-0.2, -0.15) is 0 Å². The molecule has 10 aliphatic heterocycles. The van der Waals surface area contributed by atoms with E-state index in [-0.39, 0.29) is 11.0 Å². The highest BCUT2D eigenvalue weighted by Crippen LogP contribution is 2.46. The van der Waals surface area contributed by atoms with E-state index in [9.17, 15) is 166 Å². The third kappa shape index (κ3) is 26.1. The maximum Gasteiger partial charge on any atom is 0.472 e. The van der Waals surface area contributed by atoms with Crippen molar-refractivity contribution < 1.29 is 270 Å². The molecule has 10 saturated heterocycles. The Morgan fingerprint density at radius 3 is 1.16 bits per heavy atom. The third-order valence-electron chi connectivity index (χ3n) is 23.6. The second-order valence-corrected chi connectivity index (χ2v) is 35.9. The van der Waals surface area contributed by atoms with Crippen LogP contribution in [-0.4, -0.2) is 566 Å². The molecule has 0 spiro atoms. The Morgan fingerprint density at radius 2 is 0.647 bits per heavy atom. The number of ether oxygens (including phenoxy) is 19. The van der Waals surface area contributed by atoms with Gasteiger partial charge in [-0.3, -0.25) is 28.2 Å². The maximum atomic E-state index is 13.9. The topological polar surface area (TPSA) is 891 Å². The number of carboxylic acids is 1. The Bertz CT molecular complexity index is 3750. The molecule has 59 nitrogen and oxygen atoms in total. The normalized spacial score (nSPS) is 47.2. The summed E-state index contributed by atoms with van der Waals surface area (Å²) < 4.78 is 138. The molecule has 51 atom stereocenters. The lowest BCUT2D eigenvalue weighted by Gasteiger charge is -2.51. The van der Waals surface area contributed by atoms with Gasteiger partial charge in [-0.1, -0.05) is 0 Å². The Hall–Kier alpha value is -4.34. The average Bonchev–Trinajstić information content (AvgIpc) is 0.762. The molecule has 0 bridgehead atoms. The molecule has 0 aliphatic carbocycles. The van der Waals surface area contributed by atoms with Crippen LogP contribution in [-0.2, 0) is 128 Å². The van der Waals surface area contributed by atoms with Crippen molar-refractivity contribution in [3.8, 4) is 0 Å². The minimum Gasteiger partial charge on any atom is -0.479 e. The summed E-state index contributed by atoms with van der Waals surface area (Å²) >= 11 is 0. The summed E-state index contributed by atoms with van der Waals surface area (Å²) in [6.45, 7) is -4.78. The van der Waals surface area contributed by atoms with Gasteiger partial charge in [0.15, 0.2) is 69.0 Å². The van der Waals surface area contributed by atoms with Crippen LogP contribution in [0.25, 0.3) is 0 Å². The van der Waals surface area contributed by atoms with E-state index in [2.05, 4.69) is 21.3 Å². The molecule has 0 aromatic heterocycles. The number of aliphatic hydroxyl groups is 25. The van der Waals surface area contributed by atoms with Crippen molar-refractivity contribution >= 4 is 37.4 Å². The molecule has 0 aromatic carbocycles. The number of quaternary nitrogens is 1. The molecule has 0 saturated carbocycles. The van der Waals surface area contributed by atoms with E-state index in [0.717, 1.165) is 27.7 Å². The van der Waals surface area contributed by atoms with Gasteiger partial charge >= 0.3 is 13.8 Å². The van der Waals surface area contributed by atoms with Crippen molar-refractivity contribution in [3.63, 3.8) is 0 Å². The predicted molar refractivity (Wildman–Crippen MR) is 413 cm³/mol. The number of carbonyl (C=O) groups excluding carboxylic acids is 4. The first-order chi connectivity index (χ1) is 62.4. The number of aliphatic hydroxyl groups excluding tert-OH is 25. The molecular weight excluding hydrogens is 1840 g/mol. The molecule has 133 heavy (non-hydrogen) atoms. The number of nitrogens with one attached hydrogen (secondary N) is 4. The molecule has 4 amide bonds. The van der Waals surface area contributed by atoms with Crippen LogP contribution < -0.4 is 21.3 Å². The molecule has 0 aromatic rings. The van der Waals surface area contributed by atoms with E-state index in [4.69, 9.17) is 99.0 Å². The van der Waals surface area contributed by atoms with E-state index < -0.39 is 404 Å². The molecular formula is C73H125N5O54P+. The summed E-state index contributed by atoms with van der Waals surface area (Å²) in [5.74, 6) is -5.88. The molecule has 31 N–H and O–H groups in total. The van der Waals surface area contributed by atoms with E-state index >= 15 is 0 Å². The van der Waals surface area contributed by atoms with Gasteiger partial charge in [0.2, 0.25) is 23.6 Å². The molecule has 60 heteroatoms. The van der Waals surface area contributed by atoms with E-state index in [1.165, 1.54) is 6.92 Å². The van der Waals surface area contributed by atoms with Crippen molar-refractivity contribution in [1.82, 2.24) is 21.3 Å². The Balaban J connectivity index is 0.978. The highest BCUT2D eigenvalue weighted by Gasteiger charge is 2.63. The van der Waals surface area contributed by atoms with Gasteiger partial charge in [0.1, 0.15) is 245 Å². The zero-order valence-electron chi connectivity index (χ0n) is 72.4.